The van der Waals surface area contributed by atoms with Crippen LogP contribution in [0.1, 0.15) is 79.1 Å². The van der Waals surface area contributed by atoms with Crippen LogP contribution in [0.5, 0.6) is 0 Å². The van der Waals surface area contributed by atoms with Gasteiger partial charge in [-0.25, -0.2) is 8.42 Å². The van der Waals surface area contributed by atoms with Gasteiger partial charge in [0.1, 0.15) is 12.1 Å². The Hall–Kier alpha value is -3.26. The van der Waals surface area contributed by atoms with Crippen LogP contribution in [0.2, 0.25) is 0 Å². The quantitative estimate of drug-likeness (QED) is 0.121. The lowest BCUT2D eigenvalue weighted by Gasteiger charge is -2.30. The molecule has 5 N–H and O–H groups in total. The van der Waals surface area contributed by atoms with Gasteiger partial charge in [-0.1, -0.05) is 54.5 Å². The third-order valence-corrected chi connectivity index (χ3v) is 9.17. The predicted octanol–water partition coefficient (Wildman–Crippen LogP) is 1.81. The molecule has 14 heteroatoms. The Labute approximate surface area is 281 Å². The third-order valence-electron chi connectivity index (χ3n) is 7.59. The number of carbonyl (C=O) groups is 4. The fraction of sp³-hybridized carbons (Fsp3) is 0.727. The molecule has 0 radical (unpaired) electrons. The van der Waals surface area contributed by atoms with E-state index >= 15 is 0 Å². The highest BCUT2D eigenvalue weighted by atomic mass is 32.2. The lowest BCUT2D eigenvalue weighted by molar-refractivity contribution is -0.132. The van der Waals surface area contributed by atoms with Gasteiger partial charge in [-0.15, -0.1) is 6.58 Å². The highest BCUT2D eigenvalue weighted by Gasteiger charge is 2.33. The normalized spacial score (nSPS) is 15.1. The smallest absolute Gasteiger partial charge is 0.243 e. The molecule has 0 aliphatic rings. The Bertz CT molecular complexity index is 1310. The van der Waals surface area contributed by atoms with Crippen LogP contribution in [-0.2, 0) is 35.6 Å². The number of aliphatic hydroxyl groups is 1. The molecule has 0 saturated carbocycles. The third kappa shape index (κ3) is 15.5. The molecule has 4 amide bonds. The van der Waals surface area contributed by atoms with Gasteiger partial charge in [0.25, 0.3) is 0 Å². The van der Waals surface area contributed by atoms with Gasteiger partial charge in [-0.05, 0) is 50.5 Å². The number of carbonyl (C=O) groups excluding carboxylic acids is 4. The molecule has 5 atom stereocenters. The maximum atomic E-state index is 13.5. The number of hydrogen-bond donors (Lipinski definition) is 5. The molecule has 47 heavy (non-hydrogen) atoms. The minimum atomic E-state index is -3.80. The zero-order valence-electron chi connectivity index (χ0n) is 29.6. The molecule has 0 aliphatic carbocycles. The summed E-state index contributed by atoms with van der Waals surface area (Å²) < 4.78 is 27.0. The number of nitrogens with one attached hydrogen (secondary N) is 4. The van der Waals surface area contributed by atoms with Crippen molar-refractivity contribution < 1.29 is 32.7 Å². The van der Waals surface area contributed by atoms with E-state index in [-0.39, 0.29) is 48.8 Å². The number of aliphatic hydroxyl groups excluding tert-OH is 1. The topological polar surface area (TPSA) is 189 Å². The van der Waals surface area contributed by atoms with Gasteiger partial charge in [0.15, 0.2) is 9.84 Å². The molecule has 1 aromatic heterocycles. The van der Waals surface area contributed by atoms with Gasteiger partial charge in [0.05, 0.1) is 29.3 Å². The van der Waals surface area contributed by atoms with Crippen molar-refractivity contribution in [3.05, 3.63) is 30.1 Å². The van der Waals surface area contributed by atoms with Crippen molar-refractivity contribution >= 4 is 33.5 Å². The van der Waals surface area contributed by atoms with E-state index < -0.39 is 63.5 Å². The van der Waals surface area contributed by atoms with Gasteiger partial charge in [-0.3, -0.25) is 23.9 Å². The molecule has 0 spiro atoms. The first-order valence-corrected chi connectivity index (χ1v) is 18.3. The summed E-state index contributed by atoms with van der Waals surface area (Å²) in [7, 11) is -3.80. The largest absolute Gasteiger partial charge is 0.391 e. The summed E-state index contributed by atoms with van der Waals surface area (Å²) in [6, 6.07) is -1.15. The Morgan fingerprint density at radius 2 is 1.57 bits per heavy atom. The van der Waals surface area contributed by atoms with E-state index in [4.69, 9.17) is 0 Å². The van der Waals surface area contributed by atoms with Crippen LogP contribution in [-0.4, -0.2) is 89.2 Å². The number of sulfone groups is 1. The van der Waals surface area contributed by atoms with Crippen molar-refractivity contribution in [1.29, 1.82) is 0 Å². The average Bonchev–Trinajstić information content (AvgIpc) is 3.27. The zero-order chi connectivity index (χ0) is 36.1. The van der Waals surface area contributed by atoms with Crippen molar-refractivity contribution in [2.24, 2.45) is 23.7 Å². The first kappa shape index (κ1) is 41.8. The molecule has 1 aromatic rings. The first-order chi connectivity index (χ1) is 21.8. The van der Waals surface area contributed by atoms with Crippen LogP contribution < -0.4 is 21.3 Å². The molecule has 1 rings (SSSR count). The highest BCUT2D eigenvalue weighted by molar-refractivity contribution is 7.91. The van der Waals surface area contributed by atoms with Gasteiger partial charge in [0.2, 0.25) is 23.6 Å². The molecule has 0 aromatic carbocycles. The molecular weight excluding hydrogens is 624 g/mol. The van der Waals surface area contributed by atoms with Crippen LogP contribution in [0, 0.1) is 37.5 Å². The average molecular weight is 683 g/mol. The van der Waals surface area contributed by atoms with Crippen molar-refractivity contribution in [3.8, 4) is 0 Å². The maximum absolute atomic E-state index is 13.5. The number of aryl methyl sites for hydroxylation is 3. The predicted molar refractivity (Wildman–Crippen MR) is 183 cm³/mol. The van der Waals surface area contributed by atoms with Crippen LogP contribution in [0.4, 0.5) is 0 Å². The minimum absolute atomic E-state index is 0.0207. The molecule has 0 fully saturated rings. The van der Waals surface area contributed by atoms with Crippen LogP contribution >= 0.6 is 0 Å². The molecule has 0 bridgehead atoms. The summed E-state index contributed by atoms with van der Waals surface area (Å²) in [6.07, 6.45) is 0.290. The molecule has 0 unspecified atom stereocenters. The van der Waals surface area contributed by atoms with Gasteiger partial charge in [0, 0.05) is 31.1 Å². The van der Waals surface area contributed by atoms with E-state index in [9.17, 15) is 32.7 Å². The molecule has 1 heterocycles. The van der Waals surface area contributed by atoms with E-state index in [1.807, 2.05) is 61.5 Å². The summed E-state index contributed by atoms with van der Waals surface area (Å²) in [6.45, 7) is 20.9. The second-order valence-electron chi connectivity index (χ2n) is 13.7. The summed E-state index contributed by atoms with van der Waals surface area (Å²) >= 11 is 0. The molecule has 0 saturated heterocycles. The zero-order valence-corrected chi connectivity index (χ0v) is 30.4. The lowest BCUT2D eigenvalue weighted by atomic mass is 9.91. The van der Waals surface area contributed by atoms with E-state index in [2.05, 4.69) is 32.9 Å². The fourth-order valence-corrected chi connectivity index (χ4v) is 6.28. The van der Waals surface area contributed by atoms with E-state index in [1.165, 1.54) is 6.08 Å². The van der Waals surface area contributed by atoms with Crippen LogP contribution in [0.25, 0.3) is 0 Å². The second kappa shape index (κ2) is 19.5. The second-order valence-corrected chi connectivity index (χ2v) is 15.9. The van der Waals surface area contributed by atoms with E-state index in [0.717, 1.165) is 11.4 Å². The van der Waals surface area contributed by atoms with E-state index in [0.29, 0.717) is 13.0 Å². The summed E-state index contributed by atoms with van der Waals surface area (Å²) in [5, 5.41) is 26.5. The number of hydrogen-bond acceptors (Lipinski definition) is 8. The lowest BCUT2D eigenvalue weighted by Crippen LogP contribution is -2.56. The SMILES string of the molecule is C=CCS(=O)(=O)C[C@H](NC(=O)CCn1nc(C)cc1C)C(=O)N[C@H](CC(C)C)[C@@H](O)C[C@@H](C)C(=O)N[C@@H](C(=O)NCC(C)C)C(C)C. The van der Waals surface area contributed by atoms with Crippen LogP contribution in [0.15, 0.2) is 18.7 Å². The Kier molecular flexibility index (Phi) is 17.4. The molecule has 268 valence electrons. The Morgan fingerprint density at radius 1 is 0.936 bits per heavy atom. The number of amides is 4. The van der Waals surface area contributed by atoms with E-state index in [1.54, 1.807) is 11.6 Å². The summed E-state index contributed by atoms with van der Waals surface area (Å²) in [5.41, 5.74) is 1.66. The molecule has 0 aliphatic heterocycles. The Morgan fingerprint density at radius 3 is 2.09 bits per heavy atom. The maximum Gasteiger partial charge on any atom is 0.243 e. The summed E-state index contributed by atoms with van der Waals surface area (Å²) in [5.74, 6) is -3.65. The first-order valence-electron chi connectivity index (χ1n) is 16.4. The minimum Gasteiger partial charge on any atom is -0.391 e. The highest BCUT2D eigenvalue weighted by Crippen LogP contribution is 2.17. The van der Waals surface area contributed by atoms with Crippen molar-refractivity contribution in [3.63, 3.8) is 0 Å². The standard InChI is InChI=1S/C33H58N6O7S/c1-11-14-47(45,46)19-27(35-29(41)12-13-39-25(10)17-24(9)38-39)32(43)36-26(15-20(2)3)28(40)16-23(8)31(42)37-30(22(6)7)33(44)34-18-21(4)5/h11,17,20-23,26-28,30,40H,1,12-16,18-19H2,2-10H3,(H,34,44)(H,35,41)(H,36,43)(H,37,42)/t23-,26-,27+,28+,30-/m1/s1. The van der Waals surface area contributed by atoms with Crippen molar-refractivity contribution in [2.75, 3.05) is 18.1 Å². The van der Waals surface area contributed by atoms with Gasteiger partial charge < -0.3 is 26.4 Å². The van der Waals surface area contributed by atoms with Crippen molar-refractivity contribution in [1.82, 2.24) is 31.0 Å². The number of nitrogens with zero attached hydrogens (tertiary/aromatic N) is 2. The van der Waals surface area contributed by atoms with Crippen LogP contribution in [0.3, 0.4) is 0 Å². The Balaban J connectivity index is 3.06. The number of rotatable bonds is 21. The monoisotopic (exact) mass is 682 g/mol. The molecule has 13 nitrogen and oxygen atoms in total. The molecular formula is C33H58N6O7S. The number of aromatic nitrogens is 2. The fourth-order valence-electron chi connectivity index (χ4n) is 5.04. The van der Waals surface area contributed by atoms with Gasteiger partial charge >= 0.3 is 0 Å². The van der Waals surface area contributed by atoms with Gasteiger partial charge in [-0.2, -0.15) is 5.10 Å². The summed E-state index contributed by atoms with van der Waals surface area (Å²) in [4.78, 5) is 52.3. The van der Waals surface area contributed by atoms with Crippen molar-refractivity contribution in [2.45, 2.75) is 112 Å².